The molecule has 124 valence electrons. The fourth-order valence-electron chi connectivity index (χ4n) is 2.29. The minimum Gasteiger partial charge on any atom is -0.348 e. The molecule has 0 aliphatic carbocycles. The number of aromatic nitrogens is 2. The van der Waals surface area contributed by atoms with E-state index in [0.29, 0.717) is 17.6 Å². The van der Waals surface area contributed by atoms with Gasteiger partial charge >= 0.3 is 0 Å². The molecule has 2 rings (SSSR count). The van der Waals surface area contributed by atoms with Crippen LogP contribution >= 0.6 is 23.1 Å². The lowest BCUT2D eigenvalue weighted by atomic mass is 9.93. The fourth-order valence-corrected chi connectivity index (χ4v) is 3.59. The monoisotopic (exact) mass is 349 g/mol. The molecule has 23 heavy (non-hydrogen) atoms. The van der Waals surface area contributed by atoms with Crippen LogP contribution in [0, 0.1) is 5.92 Å². The summed E-state index contributed by atoms with van der Waals surface area (Å²) in [6.07, 6.45) is 0. The van der Waals surface area contributed by atoms with Crippen LogP contribution in [0.15, 0.2) is 34.1 Å². The number of amides is 1. The third kappa shape index (κ3) is 5.32. The quantitative estimate of drug-likeness (QED) is 0.759. The topological polar surface area (TPSA) is 54.9 Å². The Labute approximate surface area is 146 Å². The molecule has 6 heteroatoms. The summed E-state index contributed by atoms with van der Waals surface area (Å²) in [6.45, 7) is 8.61. The summed E-state index contributed by atoms with van der Waals surface area (Å²) in [7, 11) is 0. The molecule has 1 atom stereocenters. The maximum absolute atomic E-state index is 12.2. The van der Waals surface area contributed by atoms with Crippen molar-refractivity contribution in [1.82, 2.24) is 15.5 Å². The number of carbonyl (C=O) groups is 1. The number of thioether (sulfide) groups is 1. The predicted octanol–water partition coefficient (Wildman–Crippen LogP) is 4.27. The van der Waals surface area contributed by atoms with Crippen LogP contribution in [0.4, 0.5) is 0 Å². The molecule has 2 aromatic rings. The molecule has 1 aromatic carbocycles. The van der Waals surface area contributed by atoms with Gasteiger partial charge in [-0.2, -0.15) is 0 Å². The van der Waals surface area contributed by atoms with E-state index in [2.05, 4.69) is 67.5 Å². The van der Waals surface area contributed by atoms with Gasteiger partial charge in [0.15, 0.2) is 4.34 Å². The Morgan fingerprint density at radius 3 is 2.35 bits per heavy atom. The van der Waals surface area contributed by atoms with Gasteiger partial charge in [-0.1, -0.05) is 75.1 Å². The van der Waals surface area contributed by atoms with E-state index in [-0.39, 0.29) is 11.9 Å². The number of hydrogen-bond donors (Lipinski definition) is 1. The van der Waals surface area contributed by atoms with E-state index in [4.69, 9.17) is 0 Å². The molecule has 0 unspecified atom stereocenters. The maximum atomic E-state index is 12.2. The molecule has 1 amide bonds. The first-order valence-corrected chi connectivity index (χ1v) is 9.62. The first-order valence-electron chi connectivity index (χ1n) is 7.75. The summed E-state index contributed by atoms with van der Waals surface area (Å²) in [6, 6.07) is 8.57. The first-order chi connectivity index (χ1) is 11.0. The number of carbonyl (C=O) groups excluding carboxylic acids is 1. The lowest BCUT2D eigenvalue weighted by Crippen LogP contribution is -2.33. The van der Waals surface area contributed by atoms with Crippen molar-refractivity contribution in [2.45, 2.75) is 44.0 Å². The number of hydrogen-bond acceptors (Lipinski definition) is 5. The zero-order valence-electron chi connectivity index (χ0n) is 13.9. The highest BCUT2D eigenvalue weighted by atomic mass is 32.2. The minimum atomic E-state index is 0.0248. The zero-order valence-corrected chi connectivity index (χ0v) is 15.6. The van der Waals surface area contributed by atoms with Crippen molar-refractivity contribution in [3.8, 4) is 0 Å². The average molecular weight is 350 g/mol. The second-order valence-electron chi connectivity index (χ2n) is 6.10. The van der Waals surface area contributed by atoms with Gasteiger partial charge in [0.05, 0.1) is 11.8 Å². The standard InChI is InChI=1S/C17H23N3OS2/c1-11(2)13-5-7-14(8-6-13)16(12(3)4)19-15(21)9-22-17-20-18-10-23-17/h5-8,10-12,16H,9H2,1-4H3,(H,19,21)/t16-/m1/s1. The molecule has 0 aliphatic rings. The molecule has 0 radical (unpaired) electrons. The van der Waals surface area contributed by atoms with Crippen LogP contribution in [0.2, 0.25) is 0 Å². The molecule has 0 saturated carbocycles. The van der Waals surface area contributed by atoms with Crippen LogP contribution in [0.1, 0.15) is 50.8 Å². The van der Waals surface area contributed by atoms with Gasteiger partial charge in [-0.15, -0.1) is 10.2 Å². The smallest absolute Gasteiger partial charge is 0.230 e. The van der Waals surface area contributed by atoms with Gasteiger partial charge in [-0.3, -0.25) is 4.79 Å². The Bertz CT molecular complexity index is 609. The van der Waals surface area contributed by atoms with Crippen molar-refractivity contribution in [1.29, 1.82) is 0 Å². The summed E-state index contributed by atoms with van der Waals surface area (Å²) >= 11 is 2.87. The SMILES string of the molecule is CC(C)c1ccc([C@H](NC(=O)CSc2nncs2)C(C)C)cc1. The Balaban J connectivity index is 1.98. The van der Waals surface area contributed by atoms with Gasteiger partial charge in [0.25, 0.3) is 0 Å². The van der Waals surface area contributed by atoms with Gasteiger partial charge in [-0.25, -0.2) is 0 Å². The molecule has 0 fully saturated rings. The van der Waals surface area contributed by atoms with Crippen LogP contribution in [0.3, 0.4) is 0 Å². The molecule has 0 bridgehead atoms. The van der Waals surface area contributed by atoms with Crippen molar-refractivity contribution in [2.75, 3.05) is 5.75 Å². The molecular weight excluding hydrogens is 326 g/mol. The van der Waals surface area contributed by atoms with Gasteiger partial charge in [0.2, 0.25) is 5.91 Å². The highest BCUT2D eigenvalue weighted by Crippen LogP contribution is 2.25. The van der Waals surface area contributed by atoms with E-state index in [9.17, 15) is 4.79 Å². The minimum absolute atomic E-state index is 0.0248. The molecule has 1 heterocycles. The summed E-state index contributed by atoms with van der Waals surface area (Å²) in [4.78, 5) is 12.2. The highest BCUT2D eigenvalue weighted by molar-refractivity contribution is 8.01. The van der Waals surface area contributed by atoms with Crippen molar-refractivity contribution in [2.24, 2.45) is 5.92 Å². The van der Waals surface area contributed by atoms with Crippen molar-refractivity contribution >= 4 is 29.0 Å². The molecule has 0 saturated heterocycles. The van der Waals surface area contributed by atoms with E-state index in [1.165, 1.54) is 28.7 Å². The number of benzene rings is 1. The predicted molar refractivity (Wildman–Crippen MR) is 96.9 cm³/mol. The normalized spacial score (nSPS) is 12.6. The van der Waals surface area contributed by atoms with E-state index >= 15 is 0 Å². The highest BCUT2D eigenvalue weighted by Gasteiger charge is 2.18. The summed E-state index contributed by atoms with van der Waals surface area (Å²) in [5, 5.41) is 10.9. The van der Waals surface area contributed by atoms with Gasteiger partial charge in [0, 0.05) is 0 Å². The third-order valence-electron chi connectivity index (χ3n) is 3.61. The number of nitrogens with one attached hydrogen (secondary N) is 1. The summed E-state index contributed by atoms with van der Waals surface area (Å²) < 4.78 is 0.822. The molecule has 1 N–H and O–H groups in total. The second kappa shape index (κ2) is 8.45. The van der Waals surface area contributed by atoms with Crippen molar-refractivity contribution < 1.29 is 4.79 Å². The Hall–Kier alpha value is -1.40. The zero-order chi connectivity index (χ0) is 16.8. The number of rotatable bonds is 7. The largest absolute Gasteiger partial charge is 0.348 e. The van der Waals surface area contributed by atoms with Gasteiger partial charge in [-0.05, 0) is 23.0 Å². The van der Waals surface area contributed by atoms with Crippen LogP contribution in [-0.2, 0) is 4.79 Å². The molecule has 0 aliphatic heterocycles. The van der Waals surface area contributed by atoms with E-state index in [1.54, 1.807) is 5.51 Å². The van der Waals surface area contributed by atoms with E-state index in [1.807, 2.05) is 0 Å². The van der Waals surface area contributed by atoms with Crippen LogP contribution in [0.5, 0.6) is 0 Å². The Kier molecular flexibility index (Phi) is 6.59. The van der Waals surface area contributed by atoms with Crippen LogP contribution in [0.25, 0.3) is 0 Å². The molecule has 4 nitrogen and oxygen atoms in total. The molecule has 0 spiro atoms. The number of nitrogens with zero attached hydrogens (tertiary/aromatic N) is 2. The maximum Gasteiger partial charge on any atom is 0.230 e. The summed E-state index contributed by atoms with van der Waals surface area (Å²) in [5.74, 6) is 1.23. The van der Waals surface area contributed by atoms with Gasteiger partial charge < -0.3 is 5.32 Å². The summed E-state index contributed by atoms with van der Waals surface area (Å²) in [5.41, 5.74) is 4.14. The van der Waals surface area contributed by atoms with Crippen molar-refractivity contribution in [3.63, 3.8) is 0 Å². The fraction of sp³-hybridized carbons (Fsp3) is 0.471. The lowest BCUT2D eigenvalue weighted by Gasteiger charge is -2.23. The Morgan fingerprint density at radius 2 is 1.83 bits per heavy atom. The van der Waals surface area contributed by atoms with Crippen molar-refractivity contribution in [3.05, 3.63) is 40.9 Å². The lowest BCUT2D eigenvalue weighted by molar-refractivity contribution is -0.119. The van der Waals surface area contributed by atoms with Crippen LogP contribution < -0.4 is 5.32 Å². The first kappa shape index (κ1) is 17.9. The van der Waals surface area contributed by atoms with E-state index in [0.717, 1.165) is 9.90 Å². The Morgan fingerprint density at radius 1 is 1.17 bits per heavy atom. The second-order valence-corrected chi connectivity index (χ2v) is 8.16. The van der Waals surface area contributed by atoms with E-state index < -0.39 is 0 Å². The molecular formula is C17H23N3OS2. The average Bonchev–Trinajstić information content (AvgIpc) is 3.04. The third-order valence-corrected chi connectivity index (χ3v) is 5.47. The van der Waals surface area contributed by atoms with Crippen LogP contribution in [-0.4, -0.2) is 21.9 Å². The molecule has 1 aromatic heterocycles. The van der Waals surface area contributed by atoms with Gasteiger partial charge in [0.1, 0.15) is 5.51 Å².